The zero-order valence-corrected chi connectivity index (χ0v) is 15.2. The number of hydrogen-bond donors (Lipinski definition) is 2. The van der Waals surface area contributed by atoms with Crippen LogP contribution in [0.1, 0.15) is 5.56 Å². The first kappa shape index (κ1) is 15.0. The summed E-state index contributed by atoms with van der Waals surface area (Å²) in [5.41, 5.74) is 8.38. The zero-order chi connectivity index (χ0) is 14.0. The first-order valence-corrected chi connectivity index (χ1v) is 8.07. The van der Waals surface area contributed by atoms with Crippen molar-refractivity contribution in [3.63, 3.8) is 0 Å². The van der Waals surface area contributed by atoms with E-state index in [1.165, 1.54) is 0 Å². The minimum Gasteiger partial charge on any atom is -0.389 e. The molecule has 2 aromatic carbocycles. The lowest BCUT2D eigenvalue weighted by Gasteiger charge is -2.11. The third-order valence-corrected chi connectivity index (χ3v) is 4.50. The molecule has 3 N–H and O–H groups in total. The second-order valence-electron chi connectivity index (χ2n) is 3.81. The minimum atomic E-state index is 0.377. The molecular weight excluding hydrogens is 456 g/mol. The van der Waals surface area contributed by atoms with Crippen molar-refractivity contribution in [2.24, 2.45) is 5.73 Å². The summed E-state index contributed by atoms with van der Waals surface area (Å²) >= 11 is 15.4. The van der Waals surface area contributed by atoms with Gasteiger partial charge in [-0.2, -0.15) is 0 Å². The van der Waals surface area contributed by atoms with Gasteiger partial charge in [0.1, 0.15) is 4.99 Å². The molecule has 2 nitrogen and oxygen atoms in total. The van der Waals surface area contributed by atoms with Crippen molar-refractivity contribution >= 4 is 76.4 Å². The summed E-state index contributed by atoms with van der Waals surface area (Å²) in [6.45, 7) is 0. The van der Waals surface area contributed by atoms with E-state index in [1.54, 1.807) is 0 Å². The predicted molar refractivity (Wildman–Crippen MR) is 95.2 cm³/mol. The number of thiocarbonyl (C=S) groups is 1. The molecule has 0 saturated heterocycles. The molecule has 0 saturated carbocycles. The lowest BCUT2D eigenvalue weighted by atomic mass is 10.2. The molecule has 0 aliphatic carbocycles. The molecule has 98 valence electrons. The van der Waals surface area contributed by atoms with Crippen LogP contribution in [-0.2, 0) is 0 Å². The summed E-state index contributed by atoms with van der Waals surface area (Å²) in [7, 11) is 0. The van der Waals surface area contributed by atoms with E-state index in [2.05, 4.69) is 53.1 Å². The monoisotopic (exact) mass is 462 g/mol. The Morgan fingerprint density at radius 3 is 2.37 bits per heavy atom. The van der Waals surface area contributed by atoms with Gasteiger partial charge in [0, 0.05) is 24.7 Å². The molecule has 0 heterocycles. The van der Waals surface area contributed by atoms with Gasteiger partial charge < -0.3 is 11.1 Å². The molecule has 0 radical (unpaired) electrons. The molecule has 0 aliphatic heterocycles. The fourth-order valence-electron chi connectivity index (χ4n) is 1.54. The summed E-state index contributed by atoms with van der Waals surface area (Å²) in [5.74, 6) is 0. The van der Waals surface area contributed by atoms with E-state index in [0.29, 0.717) is 4.99 Å². The first-order chi connectivity index (χ1) is 8.97. The van der Waals surface area contributed by atoms with Crippen LogP contribution in [0.3, 0.4) is 0 Å². The second-order valence-corrected chi connectivity index (χ2v) is 6.87. The van der Waals surface area contributed by atoms with E-state index >= 15 is 0 Å². The normalized spacial score (nSPS) is 10.3. The summed E-state index contributed by atoms with van der Waals surface area (Å²) in [6, 6.07) is 11.7. The molecule has 0 amide bonds. The number of anilines is 2. The highest BCUT2D eigenvalue weighted by atomic mass is 79.9. The maximum absolute atomic E-state index is 5.63. The summed E-state index contributed by atoms with van der Waals surface area (Å²) in [4.78, 5) is 0.377. The Hall–Kier alpha value is -0.430. The van der Waals surface area contributed by atoms with Crippen molar-refractivity contribution in [1.82, 2.24) is 0 Å². The van der Waals surface area contributed by atoms with Crippen LogP contribution in [0.15, 0.2) is 49.8 Å². The minimum absolute atomic E-state index is 0.377. The van der Waals surface area contributed by atoms with Crippen LogP contribution in [0, 0.1) is 0 Å². The van der Waals surface area contributed by atoms with Crippen LogP contribution < -0.4 is 11.1 Å². The Kier molecular flexibility index (Phi) is 5.00. The smallest absolute Gasteiger partial charge is 0.105 e. The fraction of sp³-hybridized carbons (Fsp3) is 0. The van der Waals surface area contributed by atoms with Gasteiger partial charge >= 0.3 is 0 Å². The molecule has 0 unspecified atom stereocenters. The molecule has 0 aromatic heterocycles. The van der Waals surface area contributed by atoms with Crippen LogP contribution in [0.25, 0.3) is 0 Å². The van der Waals surface area contributed by atoms with Crippen molar-refractivity contribution in [3.8, 4) is 0 Å². The summed E-state index contributed by atoms with van der Waals surface area (Å²) in [5, 5.41) is 3.33. The van der Waals surface area contributed by atoms with Crippen LogP contribution in [0.4, 0.5) is 11.4 Å². The Labute approximate surface area is 142 Å². The Balaban J connectivity index is 2.31. The molecule has 0 bridgehead atoms. The zero-order valence-electron chi connectivity index (χ0n) is 9.58. The van der Waals surface area contributed by atoms with E-state index in [4.69, 9.17) is 18.0 Å². The number of nitrogens with two attached hydrogens (primary N) is 1. The standard InChI is InChI=1S/C13H9Br3N2S/c14-7-1-4-10(15)12(5-7)18-8-2-3-9(13(17)19)11(16)6-8/h1-6,18H,(H2,17,19). The van der Waals surface area contributed by atoms with Gasteiger partial charge in [-0.15, -0.1) is 0 Å². The molecule has 0 spiro atoms. The first-order valence-electron chi connectivity index (χ1n) is 5.29. The molecule has 2 aromatic rings. The highest BCUT2D eigenvalue weighted by Gasteiger charge is 2.06. The van der Waals surface area contributed by atoms with Crippen molar-refractivity contribution in [2.75, 3.05) is 5.32 Å². The van der Waals surface area contributed by atoms with Gasteiger partial charge in [0.15, 0.2) is 0 Å². The molecular formula is C13H9Br3N2S. The highest BCUT2D eigenvalue weighted by Crippen LogP contribution is 2.30. The van der Waals surface area contributed by atoms with Crippen LogP contribution in [-0.4, -0.2) is 4.99 Å². The highest BCUT2D eigenvalue weighted by molar-refractivity contribution is 9.11. The number of hydrogen-bond acceptors (Lipinski definition) is 2. The fourth-order valence-corrected chi connectivity index (χ4v) is 3.15. The summed E-state index contributed by atoms with van der Waals surface area (Å²) in [6.07, 6.45) is 0. The number of benzene rings is 2. The van der Waals surface area contributed by atoms with Gasteiger partial charge in [-0.05, 0) is 68.3 Å². The Morgan fingerprint density at radius 2 is 1.74 bits per heavy atom. The average molecular weight is 465 g/mol. The van der Waals surface area contributed by atoms with Gasteiger partial charge in [0.2, 0.25) is 0 Å². The van der Waals surface area contributed by atoms with E-state index in [9.17, 15) is 0 Å². The van der Waals surface area contributed by atoms with Crippen LogP contribution in [0.5, 0.6) is 0 Å². The summed E-state index contributed by atoms with van der Waals surface area (Å²) < 4.78 is 2.87. The Bertz CT molecular complexity index is 644. The van der Waals surface area contributed by atoms with E-state index < -0.39 is 0 Å². The van der Waals surface area contributed by atoms with Gasteiger partial charge in [-0.3, -0.25) is 0 Å². The van der Waals surface area contributed by atoms with Gasteiger partial charge in [0.05, 0.1) is 5.69 Å². The lowest BCUT2D eigenvalue weighted by molar-refractivity contribution is 1.48. The second kappa shape index (κ2) is 6.35. The lowest BCUT2D eigenvalue weighted by Crippen LogP contribution is -2.10. The van der Waals surface area contributed by atoms with Gasteiger partial charge in [-0.1, -0.05) is 28.1 Å². The number of nitrogens with one attached hydrogen (secondary N) is 1. The number of rotatable bonds is 3. The third kappa shape index (κ3) is 3.78. The SMILES string of the molecule is NC(=S)c1ccc(Nc2cc(Br)ccc2Br)cc1Br. The van der Waals surface area contributed by atoms with Crippen molar-refractivity contribution < 1.29 is 0 Å². The van der Waals surface area contributed by atoms with E-state index in [1.807, 2.05) is 36.4 Å². The molecule has 0 aliphatic rings. The molecule has 19 heavy (non-hydrogen) atoms. The molecule has 0 fully saturated rings. The molecule has 6 heteroatoms. The van der Waals surface area contributed by atoms with Gasteiger partial charge in [0.25, 0.3) is 0 Å². The largest absolute Gasteiger partial charge is 0.389 e. The predicted octanol–water partition coefficient (Wildman–Crippen LogP) is 5.35. The third-order valence-electron chi connectivity index (χ3n) is 2.44. The van der Waals surface area contributed by atoms with E-state index in [0.717, 1.165) is 30.4 Å². The van der Waals surface area contributed by atoms with Crippen LogP contribution >= 0.6 is 60.0 Å². The quantitative estimate of drug-likeness (QED) is 0.601. The Morgan fingerprint density at radius 1 is 1.00 bits per heavy atom. The number of halogens is 3. The van der Waals surface area contributed by atoms with Crippen LogP contribution in [0.2, 0.25) is 0 Å². The molecule has 0 atom stereocenters. The maximum atomic E-state index is 5.63. The van der Waals surface area contributed by atoms with Crippen molar-refractivity contribution in [1.29, 1.82) is 0 Å². The molecule has 2 rings (SSSR count). The van der Waals surface area contributed by atoms with Gasteiger partial charge in [-0.25, -0.2) is 0 Å². The van der Waals surface area contributed by atoms with Crippen molar-refractivity contribution in [2.45, 2.75) is 0 Å². The maximum Gasteiger partial charge on any atom is 0.105 e. The average Bonchev–Trinajstić information content (AvgIpc) is 2.33. The van der Waals surface area contributed by atoms with E-state index in [-0.39, 0.29) is 0 Å². The van der Waals surface area contributed by atoms with Crippen molar-refractivity contribution in [3.05, 3.63) is 55.4 Å². The topological polar surface area (TPSA) is 38.0 Å².